The van der Waals surface area contributed by atoms with Crippen LogP contribution in [0.5, 0.6) is 0 Å². The molecule has 6 heteroatoms. The van der Waals surface area contributed by atoms with E-state index in [1.807, 2.05) is 23.4 Å². The monoisotopic (exact) mass is 364 g/mol. The topological polar surface area (TPSA) is 62.5 Å². The van der Waals surface area contributed by atoms with Crippen molar-refractivity contribution in [2.45, 2.75) is 13.3 Å². The third kappa shape index (κ3) is 3.85. The molecule has 3 heterocycles. The number of aryl methyl sites for hydroxylation is 1. The number of carbonyl (C=O) groups excluding carboxylic acids is 1. The Morgan fingerprint density at radius 3 is 2.89 bits per heavy atom. The van der Waals surface area contributed by atoms with Crippen LogP contribution in [-0.4, -0.2) is 59.1 Å². The predicted octanol–water partition coefficient (Wildman–Crippen LogP) is 2.78. The maximum absolute atomic E-state index is 12.9. The van der Waals surface area contributed by atoms with E-state index in [0.29, 0.717) is 30.5 Å². The van der Waals surface area contributed by atoms with Gasteiger partial charge in [0.15, 0.2) is 5.69 Å². The summed E-state index contributed by atoms with van der Waals surface area (Å²) in [6.45, 7) is 5.01. The normalized spacial score (nSPS) is 18.6. The quantitative estimate of drug-likeness (QED) is 0.715. The van der Waals surface area contributed by atoms with Gasteiger partial charge in [0.25, 0.3) is 5.91 Å². The van der Waals surface area contributed by atoms with Crippen LogP contribution in [0.15, 0.2) is 47.2 Å². The summed E-state index contributed by atoms with van der Waals surface area (Å²) in [7, 11) is 2.11. The van der Waals surface area contributed by atoms with Crippen LogP contribution >= 0.6 is 0 Å². The fourth-order valence-electron chi connectivity index (χ4n) is 3.88. The van der Waals surface area contributed by atoms with Gasteiger partial charge in [-0.25, -0.2) is 0 Å². The van der Waals surface area contributed by atoms with Gasteiger partial charge in [0.2, 0.25) is 0 Å². The number of carbonyl (C=O) groups is 1. The SMILES string of the molecule is Cc1cc(C(=O)N2CCN(C)C[C@@H](Cc3cncc4ccccc34)C2)no1. The number of pyridine rings is 1. The van der Waals surface area contributed by atoms with Crippen molar-refractivity contribution in [3.8, 4) is 0 Å². The van der Waals surface area contributed by atoms with Gasteiger partial charge in [0.1, 0.15) is 5.76 Å². The Bertz CT molecular complexity index is 947. The van der Waals surface area contributed by atoms with Gasteiger partial charge in [-0.15, -0.1) is 0 Å². The van der Waals surface area contributed by atoms with E-state index in [9.17, 15) is 4.79 Å². The summed E-state index contributed by atoms with van der Waals surface area (Å²) in [4.78, 5) is 21.5. The molecule has 140 valence electrons. The maximum atomic E-state index is 12.9. The maximum Gasteiger partial charge on any atom is 0.276 e. The first-order valence-corrected chi connectivity index (χ1v) is 9.33. The minimum absolute atomic E-state index is 0.0526. The molecule has 1 aromatic carbocycles. The van der Waals surface area contributed by atoms with Crippen LogP contribution in [0.25, 0.3) is 10.8 Å². The molecule has 27 heavy (non-hydrogen) atoms. The summed E-state index contributed by atoms with van der Waals surface area (Å²) in [5, 5.41) is 6.30. The van der Waals surface area contributed by atoms with Crippen LogP contribution in [0.4, 0.5) is 0 Å². The summed E-state index contributed by atoms with van der Waals surface area (Å²) in [5.41, 5.74) is 1.63. The molecule has 0 spiro atoms. The lowest BCUT2D eigenvalue weighted by Gasteiger charge is -2.23. The molecule has 0 bridgehead atoms. The summed E-state index contributed by atoms with van der Waals surface area (Å²) in [6, 6.07) is 10.0. The van der Waals surface area contributed by atoms with Gasteiger partial charge in [-0.3, -0.25) is 9.78 Å². The predicted molar refractivity (Wildman–Crippen MR) is 104 cm³/mol. The van der Waals surface area contributed by atoms with Crippen LogP contribution in [0.2, 0.25) is 0 Å². The zero-order valence-corrected chi connectivity index (χ0v) is 15.8. The molecular weight excluding hydrogens is 340 g/mol. The Morgan fingerprint density at radius 2 is 2.07 bits per heavy atom. The summed E-state index contributed by atoms with van der Waals surface area (Å²) < 4.78 is 5.08. The first-order valence-electron chi connectivity index (χ1n) is 9.33. The summed E-state index contributed by atoms with van der Waals surface area (Å²) in [5.74, 6) is 0.939. The van der Waals surface area contributed by atoms with Gasteiger partial charge < -0.3 is 14.3 Å². The number of fused-ring (bicyclic) bond motifs is 1. The van der Waals surface area contributed by atoms with Crippen molar-refractivity contribution in [1.82, 2.24) is 19.9 Å². The van der Waals surface area contributed by atoms with Crippen LogP contribution in [-0.2, 0) is 6.42 Å². The van der Waals surface area contributed by atoms with E-state index in [0.717, 1.165) is 24.9 Å². The average Bonchev–Trinajstić information content (AvgIpc) is 3.02. The largest absolute Gasteiger partial charge is 0.361 e. The van der Waals surface area contributed by atoms with Crippen LogP contribution < -0.4 is 0 Å². The zero-order chi connectivity index (χ0) is 18.8. The molecule has 4 rings (SSSR count). The molecule has 1 amide bonds. The molecule has 1 saturated heterocycles. The van der Waals surface area contributed by atoms with Crippen molar-refractivity contribution in [3.63, 3.8) is 0 Å². The Morgan fingerprint density at radius 1 is 1.22 bits per heavy atom. The van der Waals surface area contributed by atoms with Crippen molar-refractivity contribution < 1.29 is 9.32 Å². The van der Waals surface area contributed by atoms with Crippen molar-refractivity contribution in [2.75, 3.05) is 33.2 Å². The molecule has 1 fully saturated rings. The molecular formula is C21H24N4O2. The fourth-order valence-corrected chi connectivity index (χ4v) is 3.88. The van der Waals surface area contributed by atoms with E-state index < -0.39 is 0 Å². The van der Waals surface area contributed by atoms with Crippen LogP contribution in [0.3, 0.4) is 0 Å². The van der Waals surface area contributed by atoms with E-state index in [1.54, 1.807) is 13.0 Å². The molecule has 0 aliphatic carbocycles. The van der Waals surface area contributed by atoms with Crippen LogP contribution in [0.1, 0.15) is 21.8 Å². The third-order valence-corrected chi connectivity index (χ3v) is 5.19. The number of benzene rings is 1. The Balaban J connectivity index is 1.56. The number of likely N-dealkylation sites (N-methyl/N-ethyl adjacent to an activating group) is 1. The first-order chi connectivity index (χ1) is 13.1. The minimum atomic E-state index is -0.0526. The molecule has 2 aromatic heterocycles. The second kappa shape index (κ2) is 7.48. The number of hydrogen-bond acceptors (Lipinski definition) is 5. The first kappa shape index (κ1) is 17.7. The van der Waals surface area contributed by atoms with Gasteiger partial charge in [-0.2, -0.15) is 0 Å². The van der Waals surface area contributed by atoms with Crippen LogP contribution in [0, 0.1) is 12.8 Å². The lowest BCUT2D eigenvalue weighted by Crippen LogP contribution is -2.36. The molecule has 1 atom stereocenters. The second-order valence-corrected chi connectivity index (χ2v) is 7.43. The lowest BCUT2D eigenvalue weighted by molar-refractivity contribution is 0.0736. The van der Waals surface area contributed by atoms with E-state index in [-0.39, 0.29) is 5.91 Å². The summed E-state index contributed by atoms with van der Waals surface area (Å²) in [6.07, 6.45) is 4.75. The van der Waals surface area contributed by atoms with Crippen molar-refractivity contribution in [3.05, 3.63) is 59.7 Å². The third-order valence-electron chi connectivity index (χ3n) is 5.19. The van der Waals surface area contributed by atoms with Crippen molar-refractivity contribution in [1.29, 1.82) is 0 Å². The molecule has 0 unspecified atom stereocenters. The van der Waals surface area contributed by atoms with Gasteiger partial charge in [-0.1, -0.05) is 29.4 Å². The average molecular weight is 364 g/mol. The summed E-state index contributed by atoms with van der Waals surface area (Å²) >= 11 is 0. The van der Waals surface area contributed by atoms with E-state index in [2.05, 4.69) is 40.3 Å². The van der Waals surface area contributed by atoms with E-state index >= 15 is 0 Å². The molecule has 1 aliphatic rings. The smallest absolute Gasteiger partial charge is 0.276 e. The molecule has 1 aliphatic heterocycles. The van der Waals surface area contributed by atoms with E-state index in [1.165, 1.54) is 10.9 Å². The highest BCUT2D eigenvalue weighted by Gasteiger charge is 2.27. The van der Waals surface area contributed by atoms with Gasteiger partial charge in [0, 0.05) is 50.0 Å². The number of aromatic nitrogens is 2. The highest BCUT2D eigenvalue weighted by atomic mass is 16.5. The Kier molecular flexibility index (Phi) is 4.90. The minimum Gasteiger partial charge on any atom is -0.361 e. The molecule has 0 radical (unpaired) electrons. The van der Waals surface area contributed by atoms with Crippen molar-refractivity contribution in [2.24, 2.45) is 5.92 Å². The Hall–Kier alpha value is -2.73. The van der Waals surface area contributed by atoms with Gasteiger partial charge in [-0.05, 0) is 37.3 Å². The Labute approximate surface area is 158 Å². The standard InChI is InChI=1S/C21H24N4O2/c1-15-9-20(23-27-15)21(26)25-8-7-24(2)13-16(14-25)10-18-12-22-11-17-5-3-4-6-19(17)18/h3-6,9,11-12,16H,7-8,10,13-14H2,1-2H3/t16-/m1/s1. The zero-order valence-electron chi connectivity index (χ0n) is 15.8. The molecule has 3 aromatic rings. The van der Waals surface area contributed by atoms with E-state index in [4.69, 9.17) is 4.52 Å². The highest BCUT2D eigenvalue weighted by Crippen LogP contribution is 2.22. The van der Waals surface area contributed by atoms with Gasteiger partial charge >= 0.3 is 0 Å². The number of hydrogen-bond donors (Lipinski definition) is 0. The van der Waals surface area contributed by atoms with Gasteiger partial charge in [0.05, 0.1) is 0 Å². The number of nitrogens with zero attached hydrogens (tertiary/aromatic N) is 4. The number of amides is 1. The fraction of sp³-hybridized carbons (Fsp3) is 0.381. The number of rotatable bonds is 3. The highest BCUT2D eigenvalue weighted by molar-refractivity contribution is 5.92. The molecule has 0 N–H and O–H groups in total. The molecule has 0 saturated carbocycles. The lowest BCUT2D eigenvalue weighted by atomic mass is 9.96. The molecule has 6 nitrogen and oxygen atoms in total. The second-order valence-electron chi connectivity index (χ2n) is 7.43. The van der Waals surface area contributed by atoms with Crippen molar-refractivity contribution >= 4 is 16.7 Å².